The van der Waals surface area contributed by atoms with Crippen LogP contribution in [-0.4, -0.2) is 31.1 Å². The van der Waals surface area contributed by atoms with Crippen molar-refractivity contribution in [2.45, 2.75) is 6.04 Å². The third kappa shape index (κ3) is 4.43. The van der Waals surface area contributed by atoms with Gasteiger partial charge < -0.3 is 5.32 Å². The van der Waals surface area contributed by atoms with Gasteiger partial charge >= 0.3 is 0 Å². The molecule has 1 atom stereocenters. The molecular weight excluding hydrogens is 356 g/mol. The van der Waals surface area contributed by atoms with Crippen LogP contribution in [0.3, 0.4) is 0 Å². The molecule has 3 nitrogen and oxygen atoms in total. The molecule has 7 heteroatoms. The van der Waals surface area contributed by atoms with Gasteiger partial charge in [-0.3, -0.25) is 4.90 Å². The Morgan fingerprint density at radius 3 is 2.57 bits per heavy atom. The fourth-order valence-electron chi connectivity index (χ4n) is 2.74. The van der Waals surface area contributed by atoms with Gasteiger partial charge in [-0.15, -0.1) is 36.2 Å². The fraction of sp³-hybridized carbons (Fsp3) is 0.312. The molecule has 23 heavy (non-hydrogen) atoms. The zero-order valence-electron chi connectivity index (χ0n) is 12.4. The predicted molar refractivity (Wildman–Crippen MR) is 96.2 cm³/mol. The Morgan fingerprint density at radius 2 is 1.96 bits per heavy atom. The molecule has 124 valence electrons. The monoisotopic (exact) mass is 373 g/mol. The van der Waals surface area contributed by atoms with E-state index in [1.54, 1.807) is 23.5 Å². The van der Waals surface area contributed by atoms with Crippen molar-refractivity contribution in [3.63, 3.8) is 0 Å². The van der Waals surface area contributed by atoms with Crippen LogP contribution >= 0.6 is 36.2 Å². The summed E-state index contributed by atoms with van der Waals surface area (Å²) in [6, 6.07) is 11.0. The van der Waals surface area contributed by atoms with Gasteiger partial charge in [-0.2, -0.15) is 5.26 Å². The van der Waals surface area contributed by atoms with E-state index in [4.69, 9.17) is 5.26 Å². The Balaban J connectivity index is 0.00000132. The lowest BCUT2D eigenvalue weighted by Gasteiger charge is -2.34. The van der Waals surface area contributed by atoms with Crippen LogP contribution in [0.5, 0.6) is 0 Å². The topological polar surface area (TPSA) is 39.1 Å². The van der Waals surface area contributed by atoms with Crippen molar-refractivity contribution in [2.75, 3.05) is 26.2 Å². The normalized spacial score (nSPS) is 15.8. The lowest BCUT2D eigenvalue weighted by atomic mass is 10.0. The summed E-state index contributed by atoms with van der Waals surface area (Å²) >= 11 is 1.70. The molecule has 1 aromatic heterocycles. The smallest absolute Gasteiger partial charge is 0.140 e. The van der Waals surface area contributed by atoms with E-state index in [1.807, 2.05) is 12.1 Å². The minimum Gasteiger partial charge on any atom is -0.314 e. The number of nitrogens with zero attached hydrogens (tertiary/aromatic N) is 2. The molecule has 0 radical (unpaired) electrons. The van der Waals surface area contributed by atoms with Gasteiger partial charge in [0, 0.05) is 31.1 Å². The maximum atomic E-state index is 13.6. The van der Waals surface area contributed by atoms with Crippen molar-refractivity contribution in [3.8, 4) is 6.07 Å². The van der Waals surface area contributed by atoms with Crippen LogP contribution < -0.4 is 5.32 Å². The number of hydrogen-bond acceptors (Lipinski definition) is 4. The summed E-state index contributed by atoms with van der Waals surface area (Å²) in [4.78, 5) is 3.61. The van der Waals surface area contributed by atoms with Crippen LogP contribution in [0.2, 0.25) is 0 Å². The van der Waals surface area contributed by atoms with Crippen LogP contribution in [0.15, 0.2) is 35.7 Å². The zero-order valence-corrected chi connectivity index (χ0v) is 14.8. The van der Waals surface area contributed by atoms with E-state index in [1.165, 1.54) is 10.9 Å². The van der Waals surface area contributed by atoms with Crippen molar-refractivity contribution in [2.24, 2.45) is 0 Å². The molecule has 1 saturated heterocycles. The summed E-state index contributed by atoms with van der Waals surface area (Å²) in [5, 5.41) is 14.5. The predicted octanol–water partition coefficient (Wildman–Crippen LogP) is 3.60. The molecule has 1 N–H and O–H groups in total. The lowest BCUT2D eigenvalue weighted by Crippen LogP contribution is -2.45. The second-order valence-electron chi connectivity index (χ2n) is 5.06. The van der Waals surface area contributed by atoms with Crippen LogP contribution in [0.4, 0.5) is 4.39 Å². The van der Waals surface area contributed by atoms with Gasteiger partial charge in [0.05, 0.1) is 11.6 Å². The first-order chi connectivity index (χ1) is 10.3. The largest absolute Gasteiger partial charge is 0.314 e. The molecule has 3 rings (SSSR count). The van der Waals surface area contributed by atoms with Gasteiger partial charge in [-0.1, -0.05) is 12.1 Å². The number of hydrogen-bond donors (Lipinski definition) is 1. The van der Waals surface area contributed by atoms with Crippen molar-refractivity contribution in [1.29, 1.82) is 5.26 Å². The minimum absolute atomic E-state index is 0. The standard InChI is InChI=1S/C16H16FN3S.2ClH/c17-14-4-3-12(10-13(14)11-18)16(15-2-1-9-21-15)20-7-5-19-6-8-20;;/h1-4,9-10,16,19H,5-8H2;2*1H/t16-;;/m0../s1. The van der Waals surface area contributed by atoms with E-state index in [0.29, 0.717) is 0 Å². The van der Waals surface area contributed by atoms with Crippen molar-refractivity contribution in [3.05, 3.63) is 57.5 Å². The number of rotatable bonds is 3. The first-order valence-electron chi connectivity index (χ1n) is 6.97. The molecule has 2 aromatic rings. The number of benzene rings is 1. The number of thiophene rings is 1. The Kier molecular flexibility index (Phi) is 7.97. The maximum absolute atomic E-state index is 13.6. The average molecular weight is 374 g/mol. The molecule has 1 fully saturated rings. The van der Waals surface area contributed by atoms with Crippen LogP contribution in [0.25, 0.3) is 0 Å². The quantitative estimate of drug-likeness (QED) is 0.893. The van der Waals surface area contributed by atoms with E-state index in [-0.39, 0.29) is 36.4 Å². The van der Waals surface area contributed by atoms with Gasteiger partial charge in [-0.25, -0.2) is 4.39 Å². The number of nitriles is 1. The first-order valence-corrected chi connectivity index (χ1v) is 7.85. The van der Waals surface area contributed by atoms with E-state index < -0.39 is 5.82 Å². The molecule has 0 spiro atoms. The van der Waals surface area contributed by atoms with Gasteiger partial charge in [0.15, 0.2) is 0 Å². The Hall–Kier alpha value is -1.16. The van der Waals surface area contributed by atoms with E-state index >= 15 is 0 Å². The Bertz CT molecular complexity index is 652. The van der Waals surface area contributed by atoms with Gasteiger partial charge in [-0.05, 0) is 29.1 Å². The Morgan fingerprint density at radius 1 is 1.22 bits per heavy atom. The zero-order chi connectivity index (χ0) is 14.7. The molecule has 0 unspecified atom stereocenters. The molecule has 0 amide bonds. The highest BCUT2D eigenvalue weighted by molar-refractivity contribution is 7.10. The third-order valence-corrected chi connectivity index (χ3v) is 4.68. The summed E-state index contributed by atoms with van der Waals surface area (Å²) < 4.78 is 13.6. The SMILES string of the molecule is Cl.Cl.N#Cc1cc([C@@H](c2cccs2)N2CCNCC2)ccc1F. The van der Waals surface area contributed by atoms with Gasteiger partial charge in [0.1, 0.15) is 11.9 Å². The summed E-state index contributed by atoms with van der Waals surface area (Å²) in [6.07, 6.45) is 0. The molecule has 0 bridgehead atoms. The number of halogens is 3. The second kappa shape index (κ2) is 9.21. The maximum Gasteiger partial charge on any atom is 0.140 e. The van der Waals surface area contributed by atoms with Crippen LogP contribution in [-0.2, 0) is 0 Å². The van der Waals surface area contributed by atoms with Crippen LogP contribution in [0.1, 0.15) is 22.0 Å². The first kappa shape index (κ1) is 19.9. The minimum atomic E-state index is -0.452. The second-order valence-corrected chi connectivity index (χ2v) is 6.03. The van der Waals surface area contributed by atoms with E-state index in [2.05, 4.69) is 21.7 Å². The summed E-state index contributed by atoms with van der Waals surface area (Å²) in [7, 11) is 0. The summed E-state index contributed by atoms with van der Waals surface area (Å²) in [6.45, 7) is 3.80. The summed E-state index contributed by atoms with van der Waals surface area (Å²) in [5.41, 5.74) is 1.10. The number of nitrogens with one attached hydrogen (secondary N) is 1. The van der Waals surface area contributed by atoms with Gasteiger partial charge in [0.25, 0.3) is 0 Å². The Labute approximate surface area is 151 Å². The summed E-state index contributed by atoms with van der Waals surface area (Å²) in [5.74, 6) is -0.452. The van der Waals surface area contributed by atoms with Gasteiger partial charge in [0.2, 0.25) is 0 Å². The average Bonchev–Trinajstić information content (AvgIpc) is 3.04. The van der Waals surface area contributed by atoms with Crippen molar-refractivity contribution >= 4 is 36.2 Å². The molecule has 0 aliphatic carbocycles. The molecule has 1 aliphatic heterocycles. The molecule has 2 heterocycles. The fourth-order valence-corrected chi connectivity index (χ4v) is 3.63. The molecular formula is C16H18Cl2FN3S. The van der Waals surface area contributed by atoms with Crippen molar-refractivity contribution < 1.29 is 4.39 Å². The van der Waals surface area contributed by atoms with Crippen molar-refractivity contribution in [1.82, 2.24) is 10.2 Å². The lowest BCUT2D eigenvalue weighted by molar-refractivity contribution is 0.200. The molecule has 0 saturated carbocycles. The third-order valence-electron chi connectivity index (χ3n) is 3.76. The van der Waals surface area contributed by atoms with E-state index in [9.17, 15) is 4.39 Å². The molecule has 1 aliphatic rings. The molecule has 1 aromatic carbocycles. The number of piperazine rings is 1. The highest BCUT2D eigenvalue weighted by atomic mass is 35.5. The highest BCUT2D eigenvalue weighted by Gasteiger charge is 2.25. The van der Waals surface area contributed by atoms with E-state index in [0.717, 1.165) is 31.7 Å². The van der Waals surface area contributed by atoms with Crippen LogP contribution in [0, 0.1) is 17.1 Å². The highest BCUT2D eigenvalue weighted by Crippen LogP contribution is 2.32.